The average molecular weight is 408 g/mol. The van der Waals surface area contributed by atoms with Crippen molar-refractivity contribution in [1.29, 1.82) is 0 Å². The number of nitrogens with zero attached hydrogens (tertiary/aromatic N) is 4. The van der Waals surface area contributed by atoms with Crippen LogP contribution in [0.15, 0.2) is 48.8 Å². The number of imidazole rings is 1. The first-order valence-corrected chi connectivity index (χ1v) is 10.5. The lowest BCUT2D eigenvalue weighted by Gasteiger charge is -2.22. The van der Waals surface area contributed by atoms with Gasteiger partial charge in [0.1, 0.15) is 12.4 Å². The quantitative estimate of drug-likeness (QED) is 0.560. The molecule has 3 aromatic rings. The van der Waals surface area contributed by atoms with Gasteiger partial charge in [0, 0.05) is 38.4 Å². The minimum Gasteiger partial charge on any atom is -0.352 e. The zero-order valence-corrected chi connectivity index (χ0v) is 17.7. The molecule has 158 valence electrons. The summed E-state index contributed by atoms with van der Waals surface area (Å²) in [6.45, 7) is 6.37. The highest BCUT2D eigenvalue weighted by Crippen LogP contribution is 2.17. The Balaban J connectivity index is 1.74. The summed E-state index contributed by atoms with van der Waals surface area (Å²) in [6, 6.07) is 11.3. The molecule has 0 radical (unpaired) electrons. The molecule has 0 unspecified atom stereocenters. The highest BCUT2D eigenvalue weighted by molar-refractivity contribution is 5.93. The van der Waals surface area contributed by atoms with Gasteiger partial charge in [0.05, 0.1) is 16.6 Å². The summed E-state index contributed by atoms with van der Waals surface area (Å²) in [5.74, 6) is 0.727. The second-order valence-corrected chi connectivity index (χ2v) is 7.23. The van der Waals surface area contributed by atoms with Crippen molar-refractivity contribution in [3.05, 3.63) is 60.2 Å². The molecule has 0 aliphatic heterocycles. The van der Waals surface area contributed by atoms with E-state index < -0.39 is 0 Å². The molecule has 0 aliphatic carbocycles. The second kappa shape index (κ2) is 10.5. The van der Waals surface area contributed by atoms with Crippen LogP contribution in [-0.4, -0.2) is 50.9 Å². The number of carbonyl (C=O) groups is 2. The Morgan fingerprint density at radius 1 is 1.07 bits per heavy atom. The van der Waals surface area contributed by atoms with E-state index in [4.69, 9.17) is 4.98 Å². The lowest BCUT2D eigenvalue weighted by molar-refractivity contribution is -0.131. The van der Waals surface area contributed by atoms with Crippen LogP contribution in [0.4, 0.5) is 0 Å². The standard InChI is InChI=1S/C23H29N5O2/c1-3-14-27(15-4-2)22(29)17-28-20-10-6-5-9-19(20)26-21(28)11-13-25-23(30)18-8-7-12-24-16-18/h5-10,12,16H,3-4,11,13-15,17H2,1-2H3,(H,25,30). The van der Waals surface area contributed by atoms with Gasteiger partial charge >= 0.3 is 0 Å². The fourth-order valence-corrected chi connectivity index (χ4v) is 3.52. The van der Waals surface area contributed by atoms with Crippen LogP contribution in [0, 0.1) is 0 Å². The van der Waals surface area contributed by atoms with Gasteiger partial charge in [-0.2, -0.15) is 0 Å². The highest BCUT2D eigenvalue weighted by atomic mass is 16.2. The van der Waals surface area contributed by atoms with Crippen LogP contribution < -0.4 is 5.32 Å². The number of pyridine rings is 1. The number of carbonyl (C=O) groups excluding carboxylic acids is 2. The van der Waals surface area contributed by atoms with Crippen LogP contribution in [0.3, 0.4) is 0 Å². The Hall–Kier alpha value is -3.22. The summed E-state index contributed by atoms with van der Waals surface area (Å²) < 4.78 is 1.98. The van der Waals surface area contributed by atoms with Crippen molar-refractivity contribution in [2.75, 3.05) is 19.6 Å². The van der Waals surface area contributed by atoms with Crippen molar-refractivity contribution in [3.63, 3.8) is 0 Å². The normalized spacial score (nSPS) is 10.9. The molecule has 0 atom stereocenters. The fourth-order valence-electron chi connectivity index (χ4n) is 3.52. The molecule has 0 bridgehead atoms. The molecule has 2 aromatic heterocycles. The third-order valence-corrected chi connectivity index (χ3v) is 4.92. The van der Waals surface area contributed by atoms with Gasteiger partial charge in [-0.25, -0.2) is 4.98 Å². The van der Waals surface area contributed by atoms with Crippen LogP contribution in [0.5, 0.6) is 0 Å². The zero-order valence-electron chi connectivity index (χ0n) is 17.7. The summed E-state index contributed by atoms with van der Waals surface area (Å²) in [7, 11) is 0. The molecule has 0 saturated carbocycles. The number of aromatic nitrogens is 3. The smallest absolute Gasteiger partial charge is 0.252 e. The summed E-state index contributed by atoms with van der Waals surface area (Å²) in [5.41, 5.74) is 2.32. The Bertz CT molecular complexity index is 978. The Kier molecular flexibility index (Phi) is 7.54. The number of fused-ring (bicyclic) bond motifs is 1. The van der Waals surface area contributed by atoms with Crippen LogP contribution in [-0.2, 0) is 17.8 Å². The van der Waals surface area contributed by atoms with Crippen molar-refractivity contribution in [1.82, 2.24) is 24.8 Å². The number of amides is 2. The Labute approximate surface area is 177 Å². The van der Waals surface area contributed by atoms with Crippen molar-refractivity contribution >= 4 is 22.8 Å². The van der Waals surface area contributed by atoms with Gasteiger partial charge < -0.3 is 14.8 Å². The number of para-hydroxylation sites is 2. The molecule has 1 aromatic carbocycles. The lowest BCUT2D eigenvalue weighted by atomic mass is 10.2. The van der Waals surface area contributed by atoms with Gasteiger partial charge in [0.25, 0.3) is 5.91 Å². The van der Waals surface area contributed by atoms with E-state index in [1.807, 2.05) is 33.7 Å². The number of hydrogen-bond donors (Lipinski definition) is 1. The van der Waals surface area contributed by atoms with Gasteiger partial charge in [-0.15, -0.1) is 0 Å². The largest absolute Gasteiger partial charge is 0.352 e. The molecule has 0 fully saturated rings. The number of hydrogen-bond acceptors (Lipinski definition) is 4. The van der Waals surface area contributed by atoms with Crippen LogP contribution >= 0.6 is 0 Å². The zero-order chi connectivity index (χ0) is 21.3. The summed E-state index contributed by atoms with van der Waals surface area (Å²) >= 11 is 0. The number of benzene rings is 1. The number of nitrogens with one attached hydrogen (secondary N) is 1. The third kappa shape index (κ3) is 5.23. The molecule has 0 saturated heterocycles. The van der Waals surface area contributed by atoms with Crippen LogP contribution in [0.2, 0.25) is 0 Å². The average Bonchev–Trinajstić information content (AvgIpc) is 3.11. The van der Waals surface area contributed by atoms with Gasteiger partial charge in [0.2, 0.25) is 5.91 Å². The maximum Gasteiger partial charge on any atom is 0.252 e. The first-order chi connectivity index (χ1) is 14.6. The van der Waals surface area contributed by atoms with Gasteiger partial charge in [-0.1, -0.05) is 26.0 Å². The minimum atomic E-state index is -0.168. The molecule has 1 N–H and O–H groups in total. The molecule has 2 amide bonds. The molecule has 0 aliphatic rings. The van der Waals surface area contributed by atoms with E-state index in [1.54, 1.807) is 24.5 Å². The Morgan fingerprint density at radius 2 is 1.83 bits per heavy atom. The first-order valence-electron chi connectivity index (χ1n) is 10.5. The summed E-state index contributed by atoms with van der Waals surface area (Å²) in [4.78, 5) is 35.8. The maximum atomic E-state index is 13.0. The van der Waals surface area contributed by atoms with Crippen LogP contribution in [0.1, 0.15) is 42.9 Å². The second-order valence-electron chi connectivity index (χ2n) is 7.23. The SMILES string of the molecule is CCCN(CCC)C(=O)Cn1c(CCNC(=O)c2cccnc2)nc2ccccc21. The lowest BCUT2D eigenvalue weighted by Crippen LogP contribution is -2.35. The minimum absolute atomic E-state index is 0.0995. The van der Waals surface area contributed by atoms with Gasteiger partial charge in [-0.3, -0.25) is 14.6 Å². The van der Waals surface area contributed by atoms with Crippen molar-refractivity contribution in [3.8, 4) is 0 Å². The maximum absolute atomic E-state index is 13.0. The number of rotatable bonds is 10. The third-order valence-electron chi connectivity index (χ3n) is 4.92. The van der Waals surface area contributed by atoms with E-state index >= 15 is 0 Å². The van der Waals surface area contributed by atoms with Gasteiger partial charge in [0.15, 0.2) is 0 Å². The van der Waals surface area contributed by atoms with Crippen molar-refractivity contribution in [2.24, 2.45) is 0 Å². The molecule has 0 spiro atoms. The first kappa shape index (κ1) is 21.5. The van der Waals surface area contributed by atoms with Gasteiger partial charge in [-0.05, 0) is 37.1 Å². The van der Waals surface area contributed by atoms with E-state index in [0.717, 1.165) is 42.8 Å². The molecule has 7 heteroatoms. The monoisotopic (exact) mass is 407 g/mol. The van der Waals surface area contributed by atoms with Crippen molar-refractivity contribution < 1.29 is 9.59 Å². The molecule has 3 rings (SSSR count). The predicted octanol–water partition coefficient (Wildman–Crippen LogP) is 3.05. The fraction of sp³-hybridized carbons (Fsp3) is 0.391. The predicted molar refractivity (Wildman–Crippen MR) is 117 cm³/mol. The van der Waals surface area contributed by atoms with E-state index in [1.165, 1.54) is 0 Å². The highest BCUT2D eigenvalue weighted by Gasteiger charge is 2.17. The van der Waals surface area contributed by atoms with E-state index in [2.05, 4.69) is 24.1 Å². The van der Waals surface area contributed by atoms with Crippen LogP contribution in [0.25, 0.3) is 11.0 Å². The molecule has 7 nitrogen and oxygen atoms in total. The van der Waals surface area contributed by atoms with Crippen molar-refractivity contribution in [2.45, 2.75) is 39.7 Å². The van der Waals surface area contributed by atoms with E-state index in [0.29, 0.717) is 18.5 Å². The summed E-state index contributed by atoms with van der Waals surface area (Å²) in [6.07, 6.45) is 5.58. The topological polar surface area (TPSA) is 80.1 Å². The molecule has 2 heterocycles. The van der Waals surface area contributed by atoms with E-state index in [9.17, 15) is 9.59 Å². The molecular weight excluding hydrogens is 378 g/mol. The molecular formula is C23H29N5O2. The molecule has 30 heavy (non-hydrogen) atoms. The summed E-state index contributed by atoms with van der Waals surface area (Å²) in [5, 5.41) is 2.91. The van der Waals surface area contributed by atoms with E-state index in [-0.39, 0.29) is 18.4 Å². The Morgan fingerprint density at radius 3 is 2.53 bits per heavy atom.